The minimum atomic E-state index is -0.355. The number of halogens is 2. The standard InChI is InChI=1S/C24H25FN4O3S.ClH/c1-3-27(4-2)12-13-28(24-26-19-9-8-17(25)15-20(19)33-24)23(32)16-6-5-7-18(14-16)29-21(30)10-11-22(29)31;/h5-9,14-15H,3-4,10-13H2,1-2H3;1H. The molecule has 1 fully saturated rings. The van der Waals surface area contributed by atoms with Gasteiger partial charge in [0.2, 0.25) is 11.8 Å². The lowest BCUT2D eigenvalue weighted by molar-refractivity contribution is -0.121. The molecule has 0 radical (unpaired) electrons. The molecule has 180 valence electrons. The Hall–Kier alpha value is -2.88. The van der Waals surface area contributed by atoms with Crippen molar-refractivity contribution in [2.24, 2.45) is 0 Å². The zero-order valence-electron chi connectivity index (χ0n) is 19.0. The highest BCUT2D eigenvalue weighted by Gasteiger charge is 2.31. The van der Waals surface area contributed by atoms with Crippen LogP contribution in [0, 0.1) is 5.82 Å². The van der Waals surface area contributed by atoms with E-state index < -0.39 is 0 Å². The van der Waals surface area contributed by atoms with Crippen LogP contribution < -0.4 is 9.80 Å². The Kier molecular flexibility index (Phi) is 8.35. The SMILES string of the molecule is CCN(CC)CCN(C(=O)c1cccc(N2C(=O)CCC2=O)c1)c1nc2ccc(F)cc2s1.Cl. The Morgan fingerprint density at radius 2 is 1.76 bits per heavy atom. The van der Waals surface area contributed by atoms with Crippen LogP contribution in [0.3, 0.4) is 0 Å². The van der Waals surface area contributed by atoms with E-state index in [9.17, 15) is 18.8 Å². The summed E-state index contributed by atoms with van der Waals surface area (Å²) in [6, 6.07) is 10.9. The fraction of sp³-hybridized carbons (Fsp3) is 0.333. The van der Waals surface area contributed by atoms with Crippen LogP contribution in [-0.4, -0.2) is 53.8 Å². The summed E-state index contributed by atoms with van der Waals surface area (Å²) in [6.07, 6.45) is 0.352. The average molecular weight is 505 g/mol. The highest BCUT2D eigenvalue weighted by Crippen LogP contribution is 2.31. The summed E-state index contributed by atoms with van der Waals surface area (Å²) in [5.41, 5.74) is 1.37. The summed E-state index contributed by atoms with van der Waals surface area (Å²) in [7, 11) is 0. The van der Waals surface area contributed by atoms with Crippen molar-refractivity contribution in [3.63, 3.8) is 0 Å². The number of fused-ring (bicyclic) bond motifs is 1. The van der Waals surface area contributed by atoms with Crippen LogP contribution in [0.25, 0.3) is 10.2 Å². The van der Waals surface area contributed by atoms with Gasteiger partial charge >= 0.3 is 0 Å². The van der Waals surface area contributed by atoms with Crippen molar-refractivity contribution in [1.82, 2.24) is 9.88 Å². The van der Waals surface area contributed by atoms with Gasteiger partial charge in [-0.3, -0.25) is 24.2 Å². The van der Waals surface area contributed by atoms with Crippen molar-refractivity contribution in [3.05, 3.63) is 53.8 Å². The van der Waals surface area contributed by atoms with Crippen molar-refractivity contribution in [1.29, 1.82) is 0 Å². The number of amides is 3. The number of imide groups is 1. The summed E-state index contributed by atoms with van der Waals surface area (Å²) in [5, 5.41) is 0.478. The van der Waals surface area contributed by atoms with E-state index in [2.05, 4.69) is 23.7 Å². The first-order valence-corrected chi connectivity index (χ1v) is 11.8. The largest absolute Gasteiger partial charge is 0.302 e. The number of carbonyl (C=O) groups is 3. The Bertz CT molecular complexity index is 1200. The van der Waals surface area contributed by atoms with Gasteiger partial charge in [0.15, 0.2) is 5.13 Å². The van der Waals surface area contributed by atoms with Crippen molar-refractivity contribution < 1.29 is 18.8 Å². The van der Waals surface area contributed by atoms with Gasteiger partial charge in [-0.15, -0.1) is 12.4 Å². The molecule has 3 aromatic rings. The van der Waals surface area contributed by atoms with Gasteiger partial charge in [0.25, 0.3) is 5.91 Å². The number of nitrogens with zero attached hydrogens (tertiary/aromatic N) is 4. The molecule has 0 spiro atoms. The second-order valence-corrected chi connectivity index (χ2v) is 8.77. The summed E-state index contributed by atoms with van der Waals surface area (Å²) < 4.78 is 14.4. The third-order valence-electron chi connectivity index (χ3n) is 5.75. The van der Waals surface area contributed by atoms with E-state index in [-0.39, 0.29) is 48.8 Å². The lowest BCUT2D eigenvalue weighted by Gasteiger charge is -2.25. The molecular weight excluding hydrogens is 479 g/mol. The molecule has 2 aromatic carbocycles. The highest BCUT2D eigenvalue weighted by molar-refractivity contribution is 7.22. The molecule has 0 unspecified atom stereocenters. The maximum absolute atomic E-state index is 13.7. The van der Waals surface area contributed by atoms with Gasteiger partial charge < -0.3 is 4.90 Å². The number of rotatable bonds is 8. The number of benzene rings is 2. The molecule has 2 heterocycles. The quantitative estimate of drug-likeness (QED) is 0.422. The fourth-order valence-corrected chi connectivity index (χ4v) is 4.88. The van der Waals surface area contributed by atoms with Gasteiger partial charge in [-0.05, 0) is 49.5 Å². The van der Waals surface area contributed by atoms with Crippen molar-refractivity contribution in [2.75, 3.05) is 36.0 Å². The van der Waals surface area contributed by atoms with E-state index in [1.54, 1.807) is 35.2 Å². The van der Waals surface area contributed by atoms with Crippen LogP contribution in [0.5, 0.6) is 0 Å². The first-order valence-electron chi connectivity index (χ1n) is 11.0. The number of hydrogen-bond acceptors (Lipinski definition) is 6. The first kappa shape index (κ1) is 25.7. The summed E-state index contributed by atoms with van der Waals surface area (Å²) in [4.78, 5) is 47.4. The van der Waals surface area contributed by atoms with Crippen molar-refractivity contribution in [2.45, 2.75) is 26.7 Å². The maximum atomic E-state index is 13.7. The van der Waals surface area contributed by atoms with Crippen LogP contribution >= 0.6 is 23.7 Å². The molecule has 0 saturated carbocycles. The van der Waals surface area contributed by atoms with Gasteiger partial charge in [0.1, 0.15) is 5.82 Å². The normalized spacial score (nSPS) is 13.6. The van der Waals surface area contributed by atoms with E-state index in [1.165, 1.54) is 23.5 Å². The molecule has 1 aliphatic heterocycles. The molecule has 1 aromatic heterocycles. The topological polar surface area (TPSA) is 73.8 Å². The zero-order chi connectivity index (χ0) is 23.5. The third-order valence-corrected chi connectivity index (χ3v) is 6.79. The number of thiazole rings is 1. The van der Waals surface area contributed by atoms with Crippen LogP contribution in [0.1, 0.15) is 37.0 Å². The Morgan fingerprint density at radius 3 is 2.44 bits per heavy atom. The van der Waals surface area contributed by atoms with Gasteiger partial charge in [0, 0.05) is 31.5 Å². The molecule has 1 aliphatic rings. The van der Waals surface area contributed by atoms with Gasteiger partial charge in [-0.1, -0.05) is 31.3 Å². The molecule has 3 amide bonds. The maximum Gasteiger partial charge on any atom is 0.260 e. The lowest BCUT2D eigenvalue weighted by atomic mass is 10.1. The smallest absolute Gasteiger partial charge is 0.260 e. The van der Waals surface area contributed by atoms with Crippen molar-refractivity contribution in [3.8, 4) is 0 Å². The number of carbonyl (C=O) groups excluding carboxylic acids is 3. The molecule has 1 saturated heterocycles. The predicted molar refractivity (Wildman–Crippen MR) is 134 cm³/mol. The molecule has 7 nitrogen and oxygen atoms in total. The second kappa shape index (κ2) is 11.0. The average Bonchev–Trinajstić information content (AvgIpc) is 3.38. The van der Waals surface area contributed by atoms with Gasteiger partial charge in [-0.25, -0.2) is 9.37 Å². The van der Waals surface area contributed by atoms with Crippen LogP contribution in [0.2, 0.25) is 0 Å². The number of anilines is 2. The summed E-state index contributed by atoms with van der Waals surface area (Å²) in [5.74, 6) is -1.18. The van der Waals surface area contributed by atoms with E-state index in [1.807, 2.05) is 0 Å². The monoisotopic (exact) mass is 504 g/mol. The minimum Gasteiger partial charge on any atom is -0.302 e. The van der Waals surface area contributed by atoms with E-state index in [0.29, 0.717) is 39.7 Å². The van der Waals surface area contributed by atoms with Gasteiger partial charge in [-0.2, -0.15) is 0 Å². The zero-order valence-corrected chi connectivity index (χ0v) is 20.6. The van der Waals surface area contributed by atoms with Crippen LogP contribution in [0.15, 0.2) is 42.5 Å². The Morgan fingerprint density at radius 1 is 1.06 bits per heavy atom. The minimum absolute atomic E-state index is 0. The predicted octanol–water partition coefficient (Wildman–Crippen LogP) is 4.50. The van der Waals surface area contributed by atoms with Crippen molar-refractivity contribution >= 4 is 62.5 Å². The van der Waals surface area contributed by atoms with E-state index >= 15 is 0 Å². The molecule has 0 N–H and O–H groups in total. The molecule has 34 heavy (non-hydrogen) atoms. The van der Waals surface area contributed by atoms with Crippen LogP contribution in [0.4, 0.5) is 15.2 Å². The van der Waals surface area contributed by atoms with E-state index in [4.69, 9.17) is 0 Å². The fourth-order valence-electron chi connectivity index (χ4n) is 3.87. The number of hydrogen-bond donors (Lipinski definition) is 0. The first-order chi connectivity index (χ1) is 15.9. The van der Waals surface area contributed by atoms with Gasteiger partial charge in [0.05, 0.1) is 15.9 Å². The number of likely N-dealkylation sites (N-methyl/N-ethyl adjacent to an activating group) is 1. The molecule has 0 aliphatic carbocycles. The molecule has 0 bridgehead atoms. The summed E-state index contributed by atoms with van der Waals surface area (Å²) >= 11 is 1.26. The second-order valence-electron chi connectivity index (χ2n) is 7.77. The Balaban J connectivity index is 0.00000324. The van der Waals surface area contributed by atoms with Crippen LogP contribution in [-0.2, 0) is 9.59 Å². The van der Waals surface area contributed by atoms with E-state index in [0.717, 1.165) is 18.0 Å². The number of aromatic nitrogens is 1. The Labute approximate surface area is 207 Å². The molecule has 10 heteroatoms. The highest BCUT2D eigenvalue weighted by atomic mass is 35.5. The lowest BCUT2D eigenvalue weighted by Crippen LogP contribution is -2.39. The molecule has 0 atom stereocenters. The molecular formula is C24H26ClFN4O3S. The summed E-state index contributed by atoms with van der Waals surface area (Å²) in [6.45, 7) is 6.85. The third kappa shape index (κ3) is 5.27. The molecule has 4 rings (SSSR count).